The van der Waals surface area contributed by atoms with Gasteiger partial charge in [0, 0.05) is 22.4 Å². The summed E-state index contributed by atoms with van der Waals surface area (Å²) >= 11 is 4.91. The van der Waals surface area contributed by atoms with Crippen LogP contribution in [-0.2, 0) is 5.75 Å². The van der Waals surface area contributed by atoms with Crippen LogP contribution in [0.2, 0.25) is 0 Å². The molecule has 2 heterocycles. The number of nitrogens with one attached hydrogen (secondary N) is 1. The Morgan fingerprint density at radius 3 is 2.54 bits per heavy atom. The third-order valence-electron chi connectivity index (χ3n) is 4.15. The monoisotopic (exact) mass is 424 g/mol. The summed E-state index contributed by atoms with van der Waals surface area (Å²) < 4.78 is 0.940. The molecule has 0 saturated carbocycles. The highest BCUT2D eigenvalue weighted by atomic mass is 32.2. The molecule has 0 unspecified atom stereocenters. The Morgan fingerprint density at radius 1 is 1.00 bits per heavy atom. The van der Waals surface area contributed by atoms with Crippen molar-refractivity contribution in [1.82, 2.24) is 15.2 Å². The first-order chi connectivity index (χ1) is 13.7. The standard InChI is InChI=1S/C21H20N4S3/c1-14(2)15-8-10-17(11-9-15)23-20-24-25-21(28-20)27-13-18-12-26-19(22-18)16-6-4-3-5-7-16/h3-12,14H,13H2,1-2H3,(H,23,24). The molecule has 0 amide bonds. The first kappa shape index (κ1) is 19.1. The lowest BCUT2D eigenvalue weighted by molar-refractivity contribution is 0.867. The fourth-order valence-corrected chi connectivity index (χ4v) is 5.21. The Morgan fingerprint density at radius 2 is 1.79 bits per heavy atom. The van der Waals surface area contributed by atoms with E-state index < -0.39 is 0 Å². The smallest absolute Gasteiger partial charge is 0.210 e. The molecule has 0 radical (unpaired) electrons. The van der Waals surface area contributed by atoms with Gasteiger partial charge in [-0.2, -0.15) is 0 Å². The molecular weight excluding hydrogens is 404 g/mol. The van der Waals surface area contributed by atoms with Crippen molar-refractivity contribution in [2.45, 2.75) is 29.9 Å². The molecule has 2 aromatic carbocycles. The molecule has 0 bridgehead atoms. The summed E-state index contributed by atoms with van der Waals surface area (Å²) in [5.41, 5.74) is 4.60. The molecule has 0 saturated heterocycles. The van der Waals surface area contributed by atoms with Crippen LogP contribution in [0.3, 0.4) is 0 Å². The maximum Gasteiger partial charge on any atom is 0.210 e. The minimum atomic E-state index is 0.534. The van der Waals surface area contributed by atoms with Gasteiger partial charge < -0.3 is 5.32 Å². The van der Waals surface area contributed by atoms with E-state index in [2.05, 4.69) is 71.1 Å². The van der Waals surface area contributed by atoms with E-state index in [1.54, 1.807) is 34.4 Å². The quantitative estimate of drug-likeness (QED) is 0.330. The summed E-state index contributed by atoms with van der Waals surface area (Å²) in [6.07, 6.45) is 0. The van der Waals surface area contributed by atoms with E-state index in [4.69, 9.17) is 4.98 Å². The molecular formula is C21H20N4S3. The van der Waals surface area contributed by atoms with Gasteiger partial charge in [-0.15, -0.1) is 21.5 Å². The zero-order valence-corrected chi connectivity index (χ0v) is 18.1. The van der Waals surface area contributed by atoms with Crippen LogP contribution in [-0.4, -0.2) is 15.2 Å². The van der Waals surface area contributed by atoms with Gasteiger partial charge in [0.2, 0.25) is 5.13 Å². The molecule has 2 aromatic heterocycles. The SMILES string of the molecule is CC(C)c1ccc(Nc2nnc(SCc3csc(-c4ccccc4)n3)s2)cc1. The third-order valence-corrected chi connectivity index (χ3v) is 7.10. The van der Waals surface area contributed by atoms with Gasteiger partial charge in [0.05, 0.1) is 5.69 Å². The summed E-state index contributed by atoms with van der Waals surface area (Å²) in [4.78, 5) is 4.73. The predicted octanol–water partition coefficient (Wildman–Crippen LogP) is 6.82. The molecule has 0 fully saturated rings. The Kier molecular flexibility index (Phi) is 6.04. The van der Waals surface area contributed by atoms with Crippen LogP contribution in [0.4, 0.5) is 10.8 Å². The number of hydrogen-bond acceptors (Lipinski definition) is 7. The van der Waals surface area contributed by atoms with Gasteiger partial charge in [-0.1, -0.05) is 79.4 Å². The van der Waals surface area contributed by atoms with Crippen molar-refractivity contribution in [2.75, 3.05) is 5.32 Å². The number of aromatic nitrogens is 3. The zero-order valence-electron chi connectivity index (χ0n) is 15.6. The number of thioether (sulfide) groups is 1. The number of anilines is 2. The topological polar surface area (TPSA) is 50.7 Å². The lowest BCUT2D eigenvalue weighted by atomic mass is 10.0. The molecule has 0 aliphatic carbocycles. The normalized spacial score (nSPS) is 11.1. The molecule has 0 spiro atoms. The van der Waals surface area contributed by atoms with Crippen LogP contribution in [0.15, 0.2) is 64.3 Å². The number of benzene rings is 2. The fraction of sp³-hybridized carbons (Fsp3) is 0.190. The number of nitrogens with zero attached hydrogens (tertiary/aromatic N) is 3. The van der Waals surface area contributed by atoms with Gasteiger partial charge in [0.1, 0.15) is 5.01 Å². The molecule has 4 nitrogen and oxygen atoms in total. The summed E-state index contributed by atoms with van der Waals surface area (Å²) in [6.45, 7) is 4.39. The van der Waals surface area contributed by atoms with Crippen molar-refractivity contribution >= 4 is 45.3 Å². The maximum absolute atomic E-state index is 4.73. The van der Waals surface area contributed by atoms with Crippen LogP contribution in [0.1, 0.15) is 31.0 Å². The molecule has 1 N–H and O–H groups in total. The first-order valence-electron chi connectivity index (χ1n) is 9.00. The van der Waals surface area contributed by atoms with Crippen molar-refractivity contribution < 1.29 is 0 Å². The first-order valence-corrected chi connectivity index (χ1v) is 11.7. The molecule has 0 atom stereocenters. The summed E-state index contributed by atoms with van der Waals surface area (Å²) in [5, 5.41) is 15.8. The van der Waals surface area contributed by atoms with Crippen molar-refractivity contribution in [3.8, 4) is 10.6 Å². The van der Waals surface area contributed by atoms with Gasteiger partial charge in [-0.05, 0) is 23.6 Å². The molecule has 0 aliphatic rings. The van der Waals surface area contributed by atoms with E-state index in [0.29, 0.717) is 5.92 Å². The van der Waals surface area contributed by atoms with E-state index in [0.717, 1.165) is 37.2 Å². The molecule has 0 aliphatic heterocycles. The highest BCUT2D eigenvalue weighted by Gasteiger charge is 2.09. The van der Waals surface area contributed by atoms with E-state index in [1.807, 2.05) is 18.2 Å². The number of hydrogen-bond donors (Lipinski definition) is 1. The molecule has 7 heteroatoms. The minimum Gasteiger partial charge on any atom is -0.330 e. The van der Waals surface area contributed by atoms with Crippen LogP contribution in [0, 0.1) is 0 Å². The van der Waals surface area contributed by atoms with Crippen molar-refractivity contribution in [3.05, 3.63) is 71.2 Å². The highest BCUT2D eigenvalue weighted by molar-refractivity contribution is 8.00. The van der Waals surface area contributed by atoms with Crippen molar-refractivity contribution in [3.63, 3.8) is 0 Å². The maximum atomic E-state index is 4.73. The van der Waals surface area contributed by atoms with Crippen LogP contribution >= 0.6 is 34.4 Å². The lowest BCUT2D eigenvalue weighted by Gasteiger charge is -2.06. The van der Waals surface area contributed by atoms with Gasteiger partial charge in [-0.25, -0.2) is 4.98 Å². The zero-order chi connectivity index (χ0) is 19.3. The minimum absolute atomic E-state index is 0.534. The summed E-state index contributed by atoms with van der Waals surface area (Å²) in [7, 11) is 0. The summed E-state index contributed by atoms with van der Waals surface area (Å²) in [6, 6.07) is 18.8. The van der Waals surface area contributed by atoms with Crippen LogP contribution in [0.5, 0.6) is 0 Å². The van der Waals surface area contributed by atoms with E-state index in [9.17, 15) is 0 Å². The number of thiazole rings is 1. The Bertz CT molecular complexity index is 1020. The Hall–Kier alpha value is -2.22. The van der Waals surface area contributed by atoms with Crippen LogP contribution < -0.4 is 5.32 Å². The second-order valence-corrected chi connectivity index (χ2v) is 9.63. The average molecular weight is 425 g/mol. The number of rotatable bonds is 7. The van der Waals surface area contributed by atoms with E-state index in [1.165, 1.54) is 5.56 Å². The Balaban J connectivity index is 1.34. The van der Waals surface area contributed by atoms with Crippen molar-refractivity contribution in [1.29, 1.82) is 0 Å². The van der Waals surface area contributed by atoms with E-state index >= 15 is 0 Å². The average Bonchev–Trinajstić information content (AvgIpc) is 3.37. The van der Waals surface area contributed by atoms with Gasteiger partial charge in [0.15, 0.2) is 4.34 Å². The van der Waals surface area contributed by atoms with Gasteiger partial charge >= 0.3 is 0 Å². The lowest BCUT2D eigenvalue weighted by Crippen LogP contribution is -1.91. The second-order valence-electron chi connectivity index (χ2n) is 6.57. The molecule has 4 aromatic rings. The predicted molar refractivity (Wildman–Crippen MR) is 121 cm³/mol. The fourth-order valence-electron chi connectivity index (χ4n) is 2.62. The molecule has 28 heavy (non-hydrogen) atoms. The van der Waals surface area contributed by atoms with E-state index in [-0.39, 0.29) is 0 Å². The molecule has 142 valence electrons. The third kappa shape index (κ3) is 4.79. The van der Waals surface area contributed by atoms with Crippen molar-refractivity contribution in [2.24, 2.45) is 0 Å². The van der Waals surface area contributed by atoms with Gasteiger partial charge in [0.25, 0.3) is 0 Å². The second kappa shape index (κ2) is 8.86. The summed E-state index contributed by atoms with van der Waals surface area (Å²) in [5.74, 6) is 1.33. The van der Waals surface area contributed by atoms with Gasteiger partial charge in [-0.3, -0.25) is 0 Å². The highest BCUT2D eigenvalue weighted by Crippen LogP contribution is 2.31. The molecule has 4 rings (SSSR count). The largest absolute Gasteiger partial charge is 0.330 e. The Labute approximate surface area is 177 Å². The van der Waals surface area contributed by atoms with Crippen LogP contribution in [0.25, 0.3) is 10.6 Å².